The van der Waals surface area contributed by atoms with Gasteiger partial charge < -0.3 is 24.0 Å². The maximum atomic E-state index is 12.9. The van der Waals surface area contributed by atoms with Crippen molar-refractivity contribution in [3.8, 4) is 11.5 Å². The normalized spacial score (nSPS) is 14.8. The van der Waals surface area contributed by atoms with Gasteiger partial charge in [0.15, 0.2) is 12.7 Å². The van der Waals surface area contributed by atoms with Crippen molar-refractivity contribution in [2.45, 2.75) is 13.0 Å². The number of hydrogen-bond donors (Lipinski definition) is 0. The SMILES string of the molecule is COc1ccc(N2CCN(C(=O)COC(=O)[C@H](C)Oc3ccc(F)cc3)CC2)cc1. The van der Waals surface area contributed by atoms with Crippen molar-refractivity contribution in [3.05, 3.63) is 54.3 Å². The fourth-order valence-corrected chi connectivity index (χ4v) is 3.11. The van der Waals surface area contributed by atoms with Crippen molar-refractivity contribution in [1.29, 1.82) is 0 Å². The van der Waals surface area contributed by atoms with Crippen LogP contribution in [0.3, 0.4) is 0 Å². The molecular weight excluding hydrogens is 391 g/mol. The first kappa shape index (κ1) is 21.4. The molecule has 1 amide bonds. The molecular formula is C22H25FN2O5. The Labute approximate surface area is 174 Å². The predicted molar refractivity (Wildman–Crippen MR) is 109 cm³/mol. The van der Waals surface area contributed by atoms with Crippen LogP contribution >= 0.6 is 0 Å². The molecule has 0 radical (unpaired) electrons. The number of esters is 1. The van der Waals surface area contributed by atoms with Crippen LogP contribution < -0.4 is 14.4 Å². The number of halogens is 1. The van der Waals surface area contributed by atoms with Gasteiger partial charge in [-0.1, -0.05) is 0 Å². The molecule has 0 N–H and O–H groups in total. The lowest BCUT2D eigenvalue weighted by atomic mass is 10.2. The molecule has 30 heavy (non-hydrogen) atoms. The molecule has 2 aromatic carbocycles. The van der Waals surface area contributed by atoms with E-state index in [9.17, 15) is 14.0 Å². The molecule has 1 saturated heterocycles. The second-order valence-corrected chi connectivity index (χ2v) is 6.89. The predicted octanol–water partition coefficient (Wildman–Crippen LogP) is 2.49. The smallest absolute Gasteiger partial charge is 0.347 e. The summed E-state index contributed by atoms with van der Waals surface area (Å²) in [5.41, 5.74) is 1.07. The van der Waals surface area contributed by atoms with Crippen LogP contribution in [0.1, 0.15) is 6.92 Å². The number of amides is 1. The monoisotopic (exact) mass is 416 g/mol. The van der Waals surface area contributed by atoms with E-state index in [1.165, 1.54) is 31.2 Å². The van der Waals surface area contributed by atoms with Crippen LogP contribution in [0.4, 0.5) is 10.1 Å². The first-order valence-electron chi connectivity index (χ1n) is 9.72. The molecule has 160 valence electrons. The van der Waals surface area contributed by atoms with Gasteiger partial charge in [-0.2, -0.15) is 0 Å². The molecule has 8 heteroatoms. The molecule has 1 aliphatic rings. The Morgan fingerprint density at radius 1 is 0.967 bits per heavy atom. The Hall–Kier alpha value is -3.29. The summed E-state index contributed by atoms with van der Waals surface area (Å²) in [7, 11) is 1.63. The zero-order chi connectivity index (χ0) is 21.5. The highest BCUT2D eigenvalue weighted by atomic mass is 19.1. The third-order valence-corrected chi connectivity index (χ3v) is 4.87. The van der Waals surface area contributed by atoms with Crippen molar-refractivity contribution < 1.29 is 28.2 Å². The zero-order valence-electron chi connectivity index (χ0n) is 17.0. The lowest BCUT2D eigenvalue weighted by Gasteiger charge is -2.36. The molecule has 1 aliphatic heterocycles. The topological polar surface area (TPSA) is 68.3 Å². The maximum absolute atomic E-state index is 12.9. The maximum Gasteiger partial charge on any atom is 0.347 e. The van der Waals surface area contributed by atoms with E-state index in [1.54, 1.807) is 12.0 Å². The van der Waals surface area contributed by atoms with Crippen LogP contribution in [0.25, 0.3) is 0 Å². The standard InChI is InChI=1S/C22H25FN2O5/c1-16(30-20-7-3-17(23)4-8-20)22(27)29-15-21(26)25-13-11-24(12-14-25)18-5-9-19(28-2)10-6-18/h3-10,16H,11-15H2,1-2H3/t16-/m0/s1. The lowest BCUT2D eigenvalue weighted by Crippen LogP contribution is -2.50. The summed E-state index contributed by atoms with van der Waals surface area (Å²) in [5.74, 6) is -0.139. The Bertz CT molecular complexity index is 849. The van der Waals surface area contributed by atoms with Crippen molar-refractivity contribution >= 4 is 17.6 Å². The average Bonchev–Trinajstić information content (AvgIpc) is 2.79. The molecule has 0 saturated carbocycles. The van der Waals surface area contributed by atoms with Crippen molar-refractivity contribution in [1.82, 2.24) is 4.90 Å². The second kappa shape index (κ2) is 9.96. The van der Waals surface area contributed by atoms with Crippen molar-refractivity contribution in [3.63, 3.8) is 0 Å². The van der Waals surface area contributed by atoms with E-state index in [0.717, 1.165) is 11.4 Å². The van der Waals surface area contributed by atoms with E-state index in [2.05, 4.69) is 4.90 Å². The van der Waals surface area contributed by atoms with E-state index >= 15 is 0 Å². The average molecular weight is 416 g/mol. The number of carbonyl (C=O) groups is 2. The number of nitrogens with zero attached hydrogens (tertiary/aromatic N) is 2. The Morgan fingerprint density at radius 3 is 2.17 bits per heavy atom. The summed E-state index contributed by atoms with van der Waals surface area (Å²) in [4.78, 5) is 28.3. The highest BCUT2D eigenvalue weighted by Gasteiger charge is 2.24. The summed E-state index contributed by atoms with van der Waals surface area (Å²) in [6, 6.07) is 13.1. The number of rotatable bonds is 7. The van der Waals surface area contributed by atoms with Crippen LogP contribution in [-0.4, -0.2) is 62.8 Å². The Kier molecular flexibility index (Phi) is 7.11. The molecule has 0 bridgehead atoms. The van der Waals surface area contributed by atoms with E-state index < -0.39 is 17.9 Å². The number of carbonyl (C=O) groups excluding carboxylic acids is 2. The second-order valence-electron chi connectivity index (χ2n) is 6.89. The van der Waals surface area contributed by atoms with Crippen LogP contribution in [0.5, 0.6) is 11.5 Å². The van der Waals surface area contributed by atoms with Crippen molar-refractivity contribution in [2.75, 3.05) is 44.8 Å². The number of piperazine rings is 1. The fraction of sp³-hybridized carbons (Fsp3) is 0.364. The minimum Gasteiger partial charge on any atom is -0.497 e. The molecule has 1 heterocycles. The summed E-state index contributed by atoms with van der Waals surface area (Å²) in [6.07, 6.45) is -0.907. The first-order chi connectivity index (χ1) is 14.5. The van der Waals surface area contributed by atoms with Gasteiger partial charge in [0, 0.05) is 31.9 Å². The number of methoxy groups -OCH3 is 1. The molecule has 1 atom stereocenters. The third-order valence-electron chi connectivity index (χ3n) is 4.87. The van der Waals surface area contributed by atoms with Gasteiger partial charge in [0.25, 0.3) is 5.91 Å². The van der Waals surface area contributed by atoms with Gasteiger partial charge in [0.2, 0.25) is 0 Å². The number of benzene rings is 2. The molecule has 2 aromatic rings. The van der Waals surface area contributed by atoms with Gasteiger partial charge in [-0.05, 0) is 55.5 Å². The van der Waals surface area contributed by atoms with Gasteiger partial charge in [0.1, 0.15) is 17.3 Å². The molecule has 7 nitrogen and oxygen atoms in total. The lowest BCUT2D eigenvalue weighted by molar-refractivity contribution is -0.157. The minimum absolute atomic E-state index is 0.244. The minimum atomic E-state index is -0.907. The van der Waals surface area contributed by atoms with Gasteiger partial charge in [0.05, 0.1) is 7.11 Å². The molecule has 0 spiro atoms. The van der Waals surface area contributed by atoms with E-state index in [4.69, 9.17) is 14.2 Å². The summed E-state index contributed by atoms with van der Waals surface area (Å²) in [6.45, 7) is 3.66. The third kappa shape index (κ3) is 5.62. The van der Waals surface area contributed by atoms with E-state index in [1.807, 2.05) is 24.3 Å². The summed E-state index contributed by atoms with van der Waals surface area (Å²) in [5, 5.41) is 0. The highest BCUT2D eigenvalue weighted by molar-refractivity contribution is 5.82. The fourth-order valence-electron chi connectivity index (χ4n) is 3.11. The van der Waals surface area contributed by atoms with Gasteiger partial charge in [-0.15, -0.1) is 0 Å². The highest BCUT2D eigenvalue weighted by Crippen LogP contribution is 2.20. The van der Waals surface area contributed by atoms with Crippen LogP contribution in [0.15, 0.2) is 48.5 Å². The van der Waals surface area contributed by atoms with Crippen LogP contribution in [0, 0.1) is 5.82 Å². The van der Waals surface area contributed by atoms with Gasteiger partial charge in [-0.25, -0.2) is 9.18 Å². The largest absolute Gasteiger partial charge is 0.497 e. The molecule has 0 unspecified atom stereocenters. The van der Waals surface area contributed by atoms with E-state index in [-0.39, 0.29) is 12.5 Å². The van der Waals surface area contributed by atoms with Gasteiger partial charge >= 0.3 is 5.97 Å². The summed E-state index contributed by atoms with van der Waals surface area (Å²) < 4.78 is 28.6. The number of anilines is 1. The van der Waals surface area contributed by atoms with E-state index in [0.29, 0.717) is 31.9 Å². The molecule has 3 rings (SSSR count). The van der Waals surface area contributed by atoms with Crippen LogP contribution in [-0.2, 0) is 14.3 Å². The Morgan fingerprint density at radius 2 is 1.57 bits per heavy atom. The summed E-state index contributed by atoms with van der Waals surface area (Å²) >= 11 is 0. The zero-order valence-corrected chi connectivity index (χ0v) is 17.0. The Balaban J connectivity index is 1.41. The number of hydrogen-bond acceptors (Lipinski definition) is 6. The van der Waals surface area contributed by atoms with Gasteiger partial charge in [-0.3, -0.25) is 4.79 Å². The van der Waals surface area contributed by atoms with Crippen LogP contribution in [0.2, 0.25) is 0 Å². The molecule has 1 fully saturated rings. The number of ether oxygens (including phenoxy) is 3. The van der Waals surface area contributed by atoms with Crippen molar-refractivity contribution in [2.24, 2.45) is 0 Å². The first-order valence-corrected chi connectivity index (χ1v) is 9.72. The molecule has 0 aliphatic carbocycles. The quantitative estimate of drug-likeness (QED) is 0.646. The molecule has 0 aromatic heterocycles.